The van der Waals surface area contributed by atoms with Crippen molar-refractivity contribution < 1.29 is 8.42 Å². The smallest absolute Gasteiger partial charge is 0.211 e. The molecule has 1 heterocycles. The van der Waals surface area contributed by atoms with Gasteiger partial charge in [-0.1, -0.05) is 20.8 Å². The van der Waals surface area contributed by atoms with E-state index in [2.05, 4.69) is 27.6 Å². The maximum absolute atomic E-state index is 12.1. The third kappa shape index (κ3) is 4.05. The zero-order valence-corrected chi connectivity index (χ0v) is 13.7. The number of hydrogen-bond acceptors (Lipinski definition) is 3. The van der Waals surface area contributed by atoms with Crippen molar-refractivity contribution >= 4 is 37.3 Å². The summed E-state index contributed by atoms with van der Waals surface area (Å²) in [6.07, 6.45) is 0.932. The summed E-state index contributed by atoms with van der Waals surface area (Å²) in [7, 11) is -3.38. The molecule has 0 atom stereocenters. The quantitative estimate of drug-likeness (QED) is 0.891. The molecule has 1 aromatic rings. The van der Waals surface area contributed by atoms with Gasteiger partial charge < -0.3 is 0 Å². The van der Waals surface area contributed by atoms with Crippen LogP contribution >= 0.6 is 27.3 Å². The van der Waals surface area contributed by atoms with E-state index in [1.807, 2.05) is 20.8 Å². The molecular formula is C11H18BrNO2S2. The van der Waals surface area contributed by atoms with Gasteiger partial charge in [-0.25, -0.2) is 13.1 Å². The molecule has 17 heavy (non-hydrogen) atoms. The Bertz CT molecular complexity index is 492. The van der Waals surface area contributed by atoms with E-state index in [1.165, 1.54) is 11.3 Å². The highest BCUT2D eigenvalue weighted by Crippen LogP contribution is 2.30. The van der Waals surface area contributed by atoms with Gasteiger partial charge in [0, 0.05) is 11.4 Å². The molecule has 3 nitrogen and oxygen atoms in total. The van der Waals surface area contributed by atoms with Gasteiger partial charge in [-0.3, -0.25) is 0 Å². The normalized spacial score (nSPS) is 13.0. The molecule has 0 radical (unpaired) electrons. The molecule has 6 heteroatoms. The highest BCUT2D eigenvalue weighted by Gasteiger charge is 2.23. The monoisotopic (exact) mass is 339 g/mol. The Balaban J connectivity index is 2.87. The van der Waals surface area contributed by atoms with Gasteiger partial charge in [-0.2, -0.15) is 0 Å². The maximum Gasteiger partial charge on any atom is 0.241 e. The molecule has 0 aliphatic rings. The fraction of sp³-hybridized carbons (Fsp3) is 0.636. The summed E-state index contributed by atoms with van der Waals surface area (Å²) in [4.78, 5) is 1.18. The first-order chi connectivity index (χ1) is 7.68. The zero-order valence-electron chi connectivity index (χ0n) is 10.5. The second-order valence-electron chi connectivity index (χ2n) is 4.81. The summed E-state index contributed by atoms with van der Waals surface area (Å²) in [6, 6.07) is 1.65. The van der Waals surface area contributed by atoms with Gasteiger partial charge in [0.1, 0.15) is 0 Å². The first kappa shape index (κ1) is 15.1. The van der Waals surface area contributed by atoms with Crippen molar-refractivity contribution in [2.75, 3.05) is 6.54 Å². The molecule has 0 saturated heterocycles. The summed E-state index contributed by atoms with van der Waals surface area (Å²) in [5.41, 5.74) is -0.0196. The highest BCUT2D eigenvalue weighted by atomic mass is 79.9. The fourth-order valence-electron chi connectivity index (χ4n) is 1.19. The number of sulfonamides is 1. The van der Waals surface area contributed by atoms with Crippen LogP contribution in [0.1, 0.15) is 32.1 Å². The van der Waals surface area contributed by atoms with Gasteiger partial charge in [-0.15, -0.1) is 11.3 Å². The van der Waals surface area contributed by atoms with E-state index in [-0.39, 0.29) is 5.41 Å². The molecule has 0 bridgehead atoms. The first-order valence-electron chi connectivity index (χ1n) is 5.43. The van der Waals surface area contributed by atoms with Crippen molar-refractivity contribution in [3.63, 3.8) is 0 Å². The standard InChI is InChI=1S/C11H18BrNO2S2/c1-5-11(3,4)7-13-17(14,15)9-6-10(12)16-8(9)2/h6,13H,5,7H2,1-4H3. The highest BCUT2D eigenvalue weighted by molar-refractivity contribution is 9.11. The minimum absolute atomic E-state index is 0.0196. The van der Waals surface area contributed by atoms with E-state index in [0.29, 0.717) is 11.4 Å². The van der Waals surface area contributed by atoms with Crippen LogP contribution < -0.4 is 4.72 Å². The predicted octanol–water partition coefficient (Wildman–Crippen LogP) is 3.53. The molecule has 0 spiro atoms. The van der Waals surface area contributed by atoms with E-state index in [9.17, 15) is 8.42 Å². The van der Waals surface area contributed by atoms with E-state index in [4.69, 9.17) is 0 Å². The molecular weight excluding hydrogens is 322 g/mol. The Morgan fingerprint density at radius 2 is 2.06 bits per heavy atom. The third-order valence-electron chi connectivity index (χ3n) is 2.83. The molecule has 1 aromatic heterocycles. The Kier molecular flexibility index (Phi) is 4.80. The van der Waals surface area contributed by atoms with Crippen LogP contribution in [-0.2, 0) is 10.0 Å². The molecule has 0 saturated carbocycles. The van der Waals surface area contributed by atoms with Gasteiger partial charge in [0.15, 0.2) is 0 Å². The molecule has 1 N–H and O–H groups in total. The van der Waals surface area contributed by atoms with Gasteiger partial charge >= 0.3 is 0 Å². The molecule has 1 rings (SSSR count). The third-order valence-corrected chi connectivity index (χ3v) is 6.04. The molecule has 0 unspecified atom stereocenters. The first-order valence-corrected chi connectivity index (χ1v) is 8.53. The number of aryl methyl sites for hydroxylation is 1. The van der Waals surface area contributed by atoms with Crippen molar-refractivity contribution in [1.29, 1.82) is 0 Å². The Labute approximate surface area is 116 Å². The summed E-state index contributed by atoms with van der Waals surface area (Å²) in [5.74, 6) is 0. The number of rotatable bonds is 5. The Hall–Kier alpha value is 0.0900. The Morgan fingerprint density at radius 3 is 2.47 bits per heavy atom. The lowest BCUT2D eigenvalue weighted by Gasteiger charge is -2.22. The lowest BCUT2D eigenvalue weighted by atomic mass is 9.91. The number of nitrogens with one attached hydrogen (secondary N) is 1. The van der Waals surface area contributed by atoms with Crippen LogP contribution in [0, 0.1) is 12.3 Å². The van der Waals surface area contributed by atoms with Crippen LogP contribution in [0.25, 0.3) is 0 Å². The molecule has 98 valence electrons. The van der Waals surface area contributed by atoms with E-state index in [0.717, 1.165) is 15.1 Å². The predicted molar refractivity (Wildman–Crippen MR) is 76.0 cm³/mol. The molecule has 0 fully saturated rings. The average molecular weight is 340 g/mol. The van der Waals surface area contributed by atoms with Crippen molar-refractivity contribution in [2.45, 2.75) is 39.0 Å². The lowest BCUT2D eigenvalue weighted by Crippen LogP contribution is -2.33. The van der Waals surface area contributed by atoms with Crippen LogP contribution in [-0.4, -0.2) is 15.0 Å². The van der Waals surface area contributed by atoms with Crippen molar-refractivity contribution in [2.24, 2.45) is 5.41 Å². The van der Waals surface area contributed by atoms with Gasteiger partial charge in [0.05, 0.1) is 8.68 Å². The second kappa shape index (κ2) is 5.38. The number of hydrogen-bond donors (Lipinski definition) is 1. The van der Waals surface area contributed by atoms with Gasteiger partial charge in [0.2, 0.25) is 10.0 Å². The minimum Gasteiger partial charge on any atom is -0.211 e. The second-order valence-corrected chi connectivity index (χ2v) is 9.18. The average Bonchev–Trinajstić information content (AvgIpc) is 2.56. The van der Waals surface area contributed by atoms with E-state index < -0.39 is 10.0 Å². The molecule has 0 aliphatic heterocycles. The van der Waals surface area contributed by atoms with Crippen molar-refractivity contribution in [3.8, 4) is 0 Å². The lowest BCUT2D eigenvalue weighted by molar-refractivity contribution is 0.350. The molecule has 0 aliphatic carbocycles. The summed E-state index contributed by atoms with van der Waals surface area (Å²) < 4.78 is 27.7. The van der Waals surface area contributed by atoms with Gasteiger partial charge in [-0.05, 0) is 40.8 Å². The number of thiophene rings is 1. The van der Waals surface area contributed by atoms with Crippen molar-refractivity contribution in [3.05, 3.63) is 14.7 Å². The topological polar surface area (TPSA) is 46.2 Å². The minimum atomic E-state index is -3.38. The van der Waals surface area contributed by atoms with Crippen molar-refractivity contribution in [1.82, 2.24) is 4.72 Å². The summed E-state index contributed by atoms with van der Waals surface area (Å²) >= 11 is 4.74. The van der Waals surface area contributed by atoms with Gasteiger partial charge in [0.25, 0.3) is 0 Å². The summed E-state index contributed by atoms with van der Waals surface area (Å²) in [6.45, 7) is 8.42. The van der Waals surface area contributed by atoms with Crippen LogP contribution in [0.15, 0.2) is 14.7 Å². The molecule has 0 amide bonds. The van der Waals surface area contributed by atoms with E-state index >= 15 is 0 Å². The van der Waals surface area contributed by atoms with Crippen LogP contribution in [0.3, 0.4) is 0 Å². The fourth-order valence-corrected chi connectivity index (χ4v) is 4.84. The van der Waals surface area contributed by atoms with E-state index in [1.54, 1.807) is 6.07 Å². The number of halogens is 1. The summed E-state index contributed by atoms with van der Waals surface area (Å²) in [5, 5.41) is 0. The van der Waals surface area contributed by atoms with Crippen LogP contribution in [0.4, 0.5) is 0 Å². The molecule has 0 aromatic carbocycles. The van der Waals surface area contributed by atoms with Crippen LogP contribution in [0.5, 0.6) is 0 Å². The Morgan fingerprint density at radius 1 is 1.47 bits per heavy atom. The zero-order chi connectivity index (χ0) is 13.3. The largest absolute Gasteiger partial charge is 0.241 e. The SMILES string of the molecule is CCC(C)(C)CNS(=O)(=O)c1cc(Br)sc1C. The maximum atomic E-state index is 12.1. The van der Waals surface area contributed by atoms with Crippen LogP contribution in [0.2, 0.25) is 0 Å².